The minimum Gasteiger partial charge on any atom is -0.334 e. The summed E-state index contributed by atoms with van der Waals surface area (Å²) < 4.78 is 0. The van der Waals surface area contributed by atoms with Crippen LogP contribution in [0.5, 0.6) is 0 Å². The number of hydrogen-bond acceptors (Lipinski definition) is 4. The maximum Gasteiger partial charge on any atom is 0.319 e. The summed E-state index contributed by atoms with van der Waals surface area (Å²) in [4.78, 5) is 34.5. The van der Waals surface area contributed by atoms with Gasteiger partial charge in [-0.2, -0.15) is 0 Å². The Morgan fingerprint density at radius 1 is 1.35 bits per heavy atom. The van der Waals surface area contributed by atoms with Crippen molar-refractivity contribution in [1.29, 1.82) is 0 Å². The standard InChI is InChI=1S/C16H26N4O2S/c1-6-13-17-12(10-23-13)9-14(21)20-8-7-19(11-16(20,2)3)15(22)18(4)5/h10H,6-9,11H2,1-5H3. The molecule has 0 aromatic carbocycles. The number of piperazine rings is 1. The average molecular weight is 338 g/mol. The van der Waals surface area contributed by atoms with E-state index >= 15 is 0 Å². The van der Waals surface area contributed by atoms with E-state index in [9.17, 15) is 9.59 Å². The lowest BCUT2D eigenvalue weighted by Gasteiger charge is -2.47. The predicted octanol–water partition coefficient (Wildman–Crippen LogP) is 1.85. The smallest absolute Gasteiger partial charge is 0.319 e. The van der Waals surface area contributed by atoms with Crippen molar-refractivity contribution >= 4 is 23.3 Å². The van der Waals surface area contributed by atoms with Crippen LogP contribution in [0, 0.1) is 0 Å². The molecule has 0 bridgehead atoms. The van der Waals surface area contributed by atoms with E-state index in [1.165, 1.54) is 0 Å². The average Bonchev–Trinajstić information content (AvgIpc) is 2.92. The molecule has 1 fully saturated rings. The van der Waals surface area contributed by atoms with Crippen LogP contribution in [0.4, 0.5) is 4.79 Å². The molecule has 6 nitrogen and oxygen atoms in total. The molecule has 1 aliphatic rings. The highest BCUT2D eigenvalue weighted by molar-refractivity contribution is 7.09. The van der Waals surface area contributed by atoms with Crippen LogP contribution in [0.1, 0.15) is 31.5 Å². The van der Waals surface area contributed by atoms with E-state index in [1.807, 2.05) is 29.0 Å². The molecule has 1 aliphatic heterocycles. The van der Waals surface area contributed by atoms with Gasteiger partial charge in [0.15, 0.2) is 0 Å². The summed E-state index contributed by atoms with van der Waals surface area (Å²) in [5, 5.41) is 3.03. The Bertz CT molecular complexity index is 582. The number of nitrogens with zero attached hydrogens (tertiary/aromatic N) is 4. The third-order valence-corrected chi connectivity index (χ3v) is 5.13. The number of carbonyl (C=O) groups excluding carboxylic acids is 2. The van der Waals surface area contributed by atoms with E-state index in [0.29, 0.717) is 26.1 Å². The molecule has 0 saturated carbocycles. The molecular formula is C16H26N4O2S. The summed E-state index contributed by atoms with van der Waals surface area (Å²) in [6, 6.07) is -0.00253. The van der Waals surface area contributed by atoms with Gasteiger partial charge in [0, 0.05) is 39.1 Å². The number of aromatic nitrogens is 1. The Morgan fingerprint density at radius 3 is 2.57 bits per heavy atom. The van der Waals surface area contributed by atoms with Crippen molar-refractivity contribution in [2.45, 2.75) is 39.2 Å². The largest absolute Gasteiger partial charge is 0.334 e. The lowest BCUT2D eigenvalue weighted by Crippen LogP contribution is -2.63. The number of thiazole rings is 1. The number of rotatable bonds is 3. The number of hydrogen-bond donors (Lipinski definition) is 0. The van der Waals surface area contributed by atoms with Crippen molar-refractivity contribution in [2.24, 2.45) is 0 Å². The van der Waals surface area contributed by atoms with E-state index in [0.717, 1.165) is 17.1 Å². The van der Waals surface area contributed by atoms with Crippen LogP contribution < -0.4 is 0 Å². The Hall–Kier alpha value is -1.63. The lowest BCUT2D eigenvalue weighted by atomic mass is 9.98. The molecule has 3 amide bonds. The Balaban J connectivity index is 2.02. The molecule has 1 saturated heterocycles. The first-order valence-corrected chi connectivity index (χ1v) is 8.82. The molecule has 0 unspecified atom stereocenters. The highest BCUT2D eigenvalue weighted by Crippen LogP contribution is 2.23. The van der Waals surface area contributed by atoms with E-state index in [4.69, 9.17) is 0 Å². The fourth-order valence-electron chi connectivity index (χ4n) is 2.91. The van der Waals surface area contributed by atoms with Gasteiger partial charge in [-0.1, -0.05) is 6.92 Å². The number of carbonyl (C=O) groups is 2. The van der Waals surface area contributed by atoms with E-state index in [2.05, 4.69) is 11.9 Å². The van der Waals surface area contributed by atoms with Gasteiger partial charge >= 0.3 is 6.03 Å². The number of aryl methyl sites for hydroxylation is 1. The molecule has 1 aromatic rings. The Morgan fingerprint density at radius 2 is 2.04 bits per heavy atom. The minimum atomic E-state index is -0.370. The zero-order chi connectivity index (χ0) is 17.2. The van der Waals surface area contributed by atoms with Crippen LogP contribution in [0.2, 0.25) is 0 Å². The summed E-state index contributed by atoms with van der Waals surface area (Å²) >= 11 is 1.61. The maximum atomic E-state index is 12.7. The van der Waals surface area contributed by atoms with Crippen LogP contribution >= 0.6 is 11.3 Å². The molecule has 0 aliphatic carbocycles. The topological polar surface area (TPSA) is 56.8 Å². The normalized spacial score (nSPS) is 17.3. The SMILES string of the molecule is CCc1nc(CC(=O)N2CCN(C(=O)N(C)C)CC2(C)C)cs1. The van der Waals surface area contributed by atoms with Crippen molar-refractivity contribution in [2.75, 3.05) is 33.7 Å². The van der Waals surface area contributed by atoms with Crippen molar-refractivity contribution in [1.82, 2.24) is 19.7 Å². The second-order valence-corrected chi connectivity index (χ2v) is 7.66. The molecule has 0 radical (unpaired) electrons. The monoisotopic (exact) mass is 338 g/mol. The molecule has 2 rings (SSSR count). The van der Waals surface area contributed by atoms with Gasteiger partial charge in [-0.3, -0.25) is 4.79 Å². The first-order valence-electron chi connectivity index (χ1n) is 7.94. The third kappa shape index (κ3) is 4.02. The van der Waals surface area contributed by atoms with Crippen LogP contribution in [0.15, 0.2) is 5.38 Å². The Kier molecular flexibility index (Phi) is 5.29. The third-order valence-electron chi connectivity index (χ3n) is 4.09. The highest BCUT2D eigenvalue weighted by Gasteiger charge is 2.38. The second-order valence-electron chi connectivity index (χ2n) is 6.72. The van der Waals surface area contributed by atoms with Crippen molar-refractivity contribution in [3.8, 4) is 0 Å². The molecule has 1 aromatic heterocycles. The van der Waals surface area contributed by atoms with Gasteiger partial charge in [-0.05, 0) is 20.3 Å². The number of urea groups is 1. The van der Waals surface area contributed by atoms with E-state index in [1.54, 1.807) is 30.3 Å². The summed E-state index contributed by atoms with van der Waals surface area (Å²) in [7, 11) is 3.50. The van der Waals surface area contributed by atoms with Gasteiger partial charge in [-0.25, -0.2) is 9.78 Å². The van der Waals surface area contributed by atoms with Crippen LogP contribution in [0.3, 0.4) is 0 Å². The fraction of sp³-hybridized carbons (Fsp3) is 0.688. The van der Waals surface area contributed by atoms with Crippen LogP contribution in [0.25, 0.3) is 0 Å². The van der Waals surface area contributed by atoms with E-state index in [-0.39, 0.29) is 17.5 Å². The molecule has 0 atom stereocenters. The quantitative estimate of drug-likeness (QED) is 0.845. The van der Waals surface area contributed by atoms with Crippen LogP contribution in [-0.4, -0.2) is 70.9 Å². The van der Waals surface area contributed by atoms with Crippen LogP contribution in [-0.2, 0) is 17.6 Å². The van der Waals surface area contributed by atoms with Gasteiger partial charge in [0.05, 0.1) is 22.7 Å². The minimum absolute atomic E-state index is 0.00253. The van der Waals surface area contributed by atoms with Crippen molar-refractivity contribution < 1.29 is 9.59 Å². The van der Waals surface area contributed by atoms with Gasteiger partial charge < -0.3 is 14.7 Å². The zero-order valence-corrected chi connectivity index (χ0v) is 15.4. The summed E-state index contributed by atoms with van der Waals surface area (Å²) in [5.41, 5.74) is 0.476. The highest BCUT2D eigenvalue weighted by atomic mass is 32.1. The molecule has 0 N–H and O–H groups in total. The molecule has 2 heterocycles. The second kappa shape index (κ2) is 6.86. The first kappa shape index (κ1) is 17.7. The maximum absolute atomic E-state index is 12.7. The fourth-order valence-corrected chi connectivity index (χ4v) is 3.65. The lowest BCUT2D eigenvalue weighted by molar-refractivity contribution is -0.139. The molecule has 128 valence electrons. The first-order chi connectivity index (χ1) is 10.7. The Labute approximate surface area is 142 Å². The summed E-state index contributed by atoms with van der Waals surface area (Å²) in [6.45, 7) is 7.78. The number of amides is 3. The molecular weight excluding hydrogens is 312 g/mol. The molecule has 7 heteroatoms. The molecule has 0 spiro atoms. The summed E-state index contributed by atoms with van der Waals surface area (Å²) in [5.74, 6) is 0.0832. The van der Waals surface area contributed by atoms with Gasteiger partial charge in [0.1, 0.15) is 0 Å². The van der Waals surface area contributed by atoms with Gasteiger partial charge in [0.25, 0.3) is 0 Å². The van der Waals surface area contributed by atoms with Crippen molar-refractivity contribution in [3.05, 3.63) is 16.1 Å². The van der Waals surface area contributed by atoms with Crippen molar-refractivity contribution in [3.63, 3.8) is 0 Å². The summed E-state index contributed by atoms with van der Waals surface area (Å²) in [6.07, 6.45) is 1.23. The van der Waals surface area contributed by atoms with Gasteiger partial charge in [-0.15, -0.1) is 11.3 Å². The molecule has 23 heavy (non-hydrogen) atoms. The van der Waals surface area contributed by atoms with Gasteiger partial charge in [0.2, 0.25) is 5.91 Å². The zero-order valence-electron chi connectivity index (χ0n) is 14.6. The van der Waals surface area contributed by atoms with E-state index < -0.39 is 0 Å². The predicted molar refractivity (Wildman–Crippen MR) is 91.6 cm³/mol.